The van der Waals surface area contributed by atoms with E-state index in [-0.39, 0.29) is 18.5 Å². The van der Waals surface area contributed by atoms with Crippen LogP contribution < -0.4 is 5.32 Å². The van der Waals surface area contributed by atoms with Gasteiger partial charge in [-0.1, -0.05) is 42.5 Å². The number of rotatable bonds is 4. The molecule has 6 heteroatoms. The summed E-state index contributed by atoms with van der Waals surface area (Å²) in [5, 5.41) is 7.01. The van der Waals surface area contributed by atoms with Gasteiger partial charge in [-0.05, 0) is 36.2 Å². The van der Waals surface area contributed by atoms with Crippen LogP contribution in [0, 0.1) is 0 Å². The average molecular weight is 346 g/mol. The lowest BCUT2D eigenvalue weighted by Gasteiger charge is -2.22. The summed E-state index contributed by atoms with van der Waals surface area (Å²) in [5.74, 6) is -0.246. The minimum Gasteiger partial charge on any atom is -0.319 e. The molecule has 0 saturated carbocycles. The van der Waals surface area contributed by atoms with Gasteiger partial charge < -0.3 is 5.32 Å². The summed E-state index contributed by atoms with van der Waals surface area (Å²) < 4.78 is 1.75. The molecular weight excluding hydrogens is 328 g/mol. The highest BCUT2D eigenvalue weighted by Crippen LogP contribution is 2.29. The van der Waals surface area contributed by atoms with Crippen LogP contribution in [-0.2, 0) is 16.9 Å². The molecule has 130 valence electrons. The third-order valence-corrected chi connectivity index (χ3v) is 4.67. The maximum absolute atomic E-state index is 12.9. The molecule has 1 saturated heterocycles. The van der Waals surface area contributed by atoms with Crippen LogP contribution >= 0.6 is 0 Å². The maximum atomic E-state index is 12.9. The molecule has 3 amide bonds. The zero-order valence-electron chi connectivity index (χ0n) is 14.3. The highest BCUT2D eigenvalue weighted by Gasteiger charge is 2.48. The molecule has 6 nitrogen and oxygen atoms in total. The number of imide groups is 1. The van der Waals surface area contributed by atoms with E-state index in [1.54, 1.807) is 17.8 Å². The summed E-state index contributed by atoms with van der Waals surface area (Å²) in [6.45, 7) is 1.97. The summed E-state index contributed by atoms with van der Waals surface area (Å²) in [4.78, 5) is 26.6. The van der Waals surface area contributed by atoms with Crippen LogP contribution in [0.1, 0.15) is 18.1 Å². The Kier molecular flexibility index (Phi) is 3.80. The molecule has 2 heterocycles. The molecule has 1 aromatic heterocycles. The Morgan fingerprint density at radius 1 is 1.00 bits per heavy atom. The number of nitrogens with zero attached hydrogens (tertiary/aromatic N) is 3. The summed E-state index contributed by atoms with van der Waals surface area (Å²) in [6, 6.07) is 18.4. The van der Waals surface area contributed by atoms with Crippen LogP contribution in [-0.4, -0.2) is 26.6 Å². The number of benzene rings is 2. The van der Waals surface area contributed by atoms with Gasteiger partial charge in [0.25, 0.3) is 5.91 Å². The van der Waals surface area contributed by atoms with Gasteiger partial charge in [0.05, 0.1) is 12.2 Å². The van der Waals surface area contributed by atoms with Crippen molar-refractivity contribution in [1.82, 2.24) is 20.0 Å². The van der Waals surface area contributed by atoms with E-state index in [9.17, 15) is 9.59 Å². The third-order valence-electron chi connectivity index (χ3n) is 4.67. The van der Waals surface area contributed by atoms with E-state index >= 15 is 0 Å². The summed E-state index contributed by atoms with van der Waals surface area (Å²) in [5.41, 5.74) is 1.54. The van der Waals surface area contributed by atoms with Crippen molar-refractivity contribution in [3.8, 4) is 5.69 Å². The summed E-state index contributed by atoms with van der Waals surface area (Å²) >= 11 is 0. The van der Waals surface area contributed by atoms with Gasteiger partial charge in [-0.2, -0.15) is 5.10 Å². The molecule has 1 aliphatic heterocycles. The van der Waals surface area contributed by atoms with Crippen molar-refractivity contribution in [3.05, 3.63) is 84.2 Å². The first-order chi connectivity index (χ1) is 12.6. The fourth-order valence-corrected chi connectivity index (χ4v) is 3.17. The lowest BCUT2D eigenvalue weighted by molar-refractivity contribution is -0.131. The fourth-order valence-electron chi connectivity index (χ4n) is 3.17. The average Bonchev–Trinajstić information content (AvgIpc) is 3.27. The quantitative estimate of drug-likeness (QED) is 0.739. The molecule has 0 spiro atoms. The highest BCUT2D eigenvalue weighted by atomic mass is 16.2. The number of carbonyl (C=O) groups is 2. The third kappa shape index (κ3) is 2.65. The van der Waals surface area contributed by atoms with Gasteiger partial charge in [0.15, 0.2) is 0 Å². The van der Waals surface area contributed by atoms with Gasteiger partial charge in [0.1, 0.15) is 5.54 Å². The van der Waals surface area contributed by atoms with Crippen molar-refractivity contribution in [3.63, 3.8) is 0 Å². The maximum Gasteiger partial charge on any atom is 0.325 e. The predicted molar refractivity (Wildman–Crippen MR) is 96.4 cm³/mol. The smallest absolute Gasteiger partial charge is 0.319 e. The Balaban J connectivity index is 1.55. The molecule has 0 bridgehead atoms. The van der Waals surface area contributed by atoms with Crippen molar-refractivity contribution in [2.24, 2.45) is 0 Å². The monoisotopic (exact) mass is 346 g/mol. The van der Waals surface area contributed by atoms with Gasteiger partial charge in [-0.15, -0.1) is 0 Å². The van der Waals surface area contributed by atoms with Crippen LogP contribution in [0.25, 0.3) is 5.69 Å². The number of hydrogen-bond acceptors (Lipinski definition) is 3. The zero-order valence-corrected chi connectivity index (χ0v) is 14.3. The van der Waals surface area contributed by atoms with Crippen molar-refractivity contribution in [2.75, 3.05) is 0 Å². The lowest BCUT2D eigenvalue weighted by Crippen LogP contribution is -2.40. The van der Waals surface area contributed by atoms with E-state index in [4.69, 9.17) is 0 Å². The SMILES string of the molecule is CC1(c2ccccc2)NC(=O)N(Cc2ccc(-n3cccn3)cc2)C1=O. The molecule has 1 atom stereocenters. The van der Waals surface area contributed by atoms with Gasteiger partial charge in [-0.3, -0.25) is 9.69 Å². The largest absolute Gasteiger partial charge is 0.325 e. The molecule has 1 N–H and O–H groups in total. The number of carbonyl (C=O) groups excluding carboxylic acids is 2. The van der Waals surface area contributed by atoms with Crippen molar-refractivity contribution in [1.29, 1.82) is 0 Å². The molecule has 2 aromatic carbocycles. The standard InChI is InChI=1S/C20H18N4O2/c1-20(16-6-3-2-4-7-16)18(25)23(19(26)22-20)14-15-8-10-17(11-9-15)24-13-5-12-21-24/h2-13H,14H2,1H3,(H,22,26). The van der Waals surface area contributed by atoms with E-state index in [2.05, 4.69) is 10.4 Å². The zero-order chi connectivity index (χ0) is 18.1. The number of urea groups is 1. The Morgan fingerprint density at radius 3 is 2.38 bits per heavy atom. The first kappa shape index (κ1) is 16.1. The number of nitrogens with one attached hydrogen (secondary N) is 1. The Morgan fingerprint density at radius 2 is 1.73 bits per heavy atom. The lowest BCUT2D eigenvalue weighted by atomic mass is 9.92. The van der Waals surface area contributed by atoms with Gasteiger partial charge in [-0.25, -0.2) is 9.48 Å². The second-order valence-electron chi connectivity index (χ2n) is 6.43. The summed E-state index contributed by atoms with van der Waals surface area (Å²) in [7, 11) is 0. The van der Waals surface area contributed by atoms with Crippen molar-refractivity contribution >= 4 is 11.9 Å². The number of aromatic nitrogens is 2. The second kappa shape index (κ2) is 6.15. The van der Waals surface area contributed by atoms with Crippen LogP contribution in [0.4, 0.5) is 4.79 Å². The minimum absolute atomic E-state index is 0.229. The molecule has 1 unspecified atom stereocenters. The van der Waals surface area contributed by atoms with Crippen LogP contribution in [0.2, 0.25) is 0 Å². The number of amides is 3. The van der Waals surface area contributed by atoms with E-state index in [0.717, 1.165) is 16.8 Å². The molecular formula is C20H18N4O2. The molecule has 1 aliphatic rings. The van der Waals surface area contributed by atoms with E-state index in [1.165, 1.54) is 4.90 Å². The first-order valence-electron chi connectivity index (χ1n) is 8.36. The number of hydrogen-bond donors (Lipinski definition) is 1. The second-order valence-corrected chi connectivity index (χ2v) is 6.43. The molecule has 0 aliphatic carbocycles. The van der Waals surface area contributed by atoms with Crippen molar-refractivity contribution < 1.29 is 9.59 Å². The van der Waals surface area contributed by atoms with Gasteiger partial charge in [0, 0.05) is 12.4 Å². The Labute approximate surface area is 151 Å². The minimum atomic E-state index is -1.03. The fraction of sp³-hybridized carbons (Fsp3) is 0.150. The van der Waals surface area contributed by atoms with Gasteiger partial charge in [0.2, 0.25) is 0 Å². The molecule has 3 aromatic rings. The Hall–Kier alpha value is -3.41. The van der Waals surface area contributed by atoms with Crippen LogP contribution in [0.3, 0.4) is 0 Å². The molecule has 26 heavy (non-hydrogen) atoms. The van der Waals surface area contributed by atoms with Crippen LogP contribution in [0.5, 0.6) is 0 Å². The van der Waals surface area contributed by atoms with E-state index in [0.29, 0.717) is 0 Å². The topological polar surface area (TPSA) is 67.2 Å². The predicted octanol–water partition coefficient (Wildman–Crippen LogP) is 2.84. The molecule has 0 radical (unpaired) electrons. The summed E-state index contributed by atoms with van der Waals surface area (Å²) in [6.07, 6.45) is 3.57. The van der Waals surface area contributed by atoms with Gasteiger partial charge >= 0.3 is 6.03 Å². The van der Waals surface area contributed by atoms with E-state index in [1.807, 2.05) is 66.9 Å². The molecule has 1 fully saturated rings. The van der Waals surface area contributed by atoms with E-state index < -0.39 is 5.54 Å². The molecule has 4 rings (SSSR count). The van der Waals surface area contributed by atoms with Crippen molar-refractivity contribution in [2.45, 2.75) is 19.0 Å². The van der Waals surface area contributed by atoms with Crippen LogP contribution in [0.15, 0.2) is 73.1 Å². The Bertz CT molecular complexity index is 936. The normalized spacial score (nSPS) is 19.7. The highest BCUT2D eigenvalue weighted by molar-refractivity contribution is 6.07. The first-order valence-corrected chi connectivity index (χ1v) is 8.36.